The number of hydrogen-bond acceptors (Lipinski definition) is 16. The Hall–Kier alpha value is -5.77. The number of rotatable bonds is 16. The first-order valence-corrected chi connectivity index (χ1v) is 17.8. The van der Waals surface area contributed by atoms with Gasteiger partial charge in [-0.25, -0.2) is 14.6 Å². The number of aryl methyl sites for hydroxylation is 3. The van der Waals surface area contributed by atoms with E-state index in [0.29, 0.717) is 11.3 Å². The zero-order valence-electron chi connectivity index (χ0n) is 32.9. The second kappa shape index (κ2) is 17.6. The molecule has 19 heteroatoms. The van der Waals surface area contributed by atoms with Gasteiger partial charge in [0.2, 0.25) is 5.28 Å². The maximum atomic E-state index is 13.3. The standard InChI is InChI=1S/C38H44ClN5O13/c1-11-38(51-10,18-53-27(47)14-36(6,7)29-21(3)12-20(2)13-24(29)55-23(5)45)26(46)16-44-19-40-30-31(41-33(39)43-32(30)44)42-34(49)57-37(8,9)15-28(48)52-17-25-22(4)54-35(50)56-25/h1,12-13,19,26,46H,14-18H2,2-10H3,(H,41,42,43,49)/t26-,38?/m0/s1. The fourth-order valence-corrected chi connectivity index (χ4v) is 6.30. The molecule has 3 aromatic heterocycles. The zero-order valence-corrected chi connectivity index (χ0v) is 33.7. The fraction of sp³-hybridized carbons (Fsp3) is 0.474. The molecule has 0 aliphatic rings. The first kappa shape index (κ1) is 44.0. The molecule has 57 heavy (non-hydrogen) atoms. The minimum absolute atomic E-state index is 0.0407. The van der Waals surface area contributed by atoms with E-state index in [1.165, 1.54) is 45.7 Å². The van der Waals surface area contributed by atoms with Gasteiger partial charge in [0.25, 0.3) is 0 Å². The van der Waals surface area contributed by atoms with Crippen LogP contribution in [0.2, 0.25) is 5.28 Å². The number of imidazole rings is 1. The number of nitrogens with zero attached hydrogens (tertiary/aromatic N) is 4. The van der Waals surface area contributed by atoms with E-state index in [1.54, 1.807) is 6.07 Å². The lowest BCUT2D eigenvalue weighted by Gasteiger charge is -2.32. The van der Waals surface area contributed by atoms with E-state index < -0.39 is 59.2 Å². The number of methoxy groups -OCH3 is 1. The summed E-state index contributed by atoms with van der Waals surface area (Å²) >= 11 is 6.20. The summed E-state index contributed by atoms with van der Waals surface area (Å²) in [6.45, 7) is 11.8. The summed E-state index contributed by atoms with van der Waals surface area (Å²) in [7, 11) is 1.25. The van der Waals surface area contributed by atoms with Gasteiger partial charge in [0.05, 0.1) is 25.7 Å². The van der Waals surface area contributed by atoms with E-state index in [2.05, 4.69) is 26.2 Å². The molecule has 0 bridgehead atoms. The van der Waals surface area contributed by atoms with E-state index in [4.69, 9.17) is 50.5 Å². The molecule has 0 saturated carbocycles. The molecule has 4 aromatic rings. The number of hydrogen-bond donors (Lipinski definition) is 2. The predicted molar refractivity (Wildman–Crippen MR) is 201 cm³/mol. The summed E-state index contributed by atoms with van der Waals surface area (Å²) in [6.07, 6.45) is 4.08. The van der Waals surface area contributed by atoms with Crippen molar-refractivity contribution in [2.24, 2.45) is 0 Å². The van der Waals surface area contributed by atoms with Crippen molar-refractivity contribution in [1.29, 1.82) is 0 Å². The highest BCUT2D eigenvalue weighted by atomic mass is 35.5. The average molecular weight is 814 g/mol. The molecule has 0 fully saturated rings. The number of amides is 1. The molecule has 3 heterocycles. The number of nitrogens with one attached hydrogen (secondary N) is 1. The van der Waals surface area contributed by atoms with Gasteiger partial charge in [0.1, 0.15) is 24.1 Å². The molecule has 2 atom stereocenters. The van der Waals surface area contributed by atoms with Crippen molar-refractivity contribution in [3.63, 3.8) is 0 Å². The minimum Gasteiger partial charge on any atom is -0.461 e. The van der Waals surface area contributed by atoms with Crippen LogP contribution in [0.1, 0.15) is 75.7 Å². The lowest BCUT2D eigenvalue weighted by molar-refractivity contribution is -0.158. The van der Waals surface area contributed by atoms with Gasteiger partial charge in [0.15, 0.2) is 40.7 Å². The molecular formula is C38H44ClN5O13. The van der Waals surface area contributed by atoms with Gasteiger partial charge in [-0.2, -0.15) is 9.97 Å². The highest BCUT2D eigenvalue weighted by Crippen LogP contribution is 2.38. The van der Waals surface area contributed by atoms with E-state index >= 15 is 0 Å². The highest BCUT2D eigenvalue weighted by molar-refractivity contribution is 6.28. The van der Waals surface area contributed by atoms with Crippen molar-refractivity contribution in [3.05, 3.63) is 62.6 Å². The largest absolute Gasteiger partial charge is 0.519 e. The van der Waals surface area contributed by atoms with Gasteiger partial charge >= 0.3 is 29.8 Å². The lowest BCUT2D eigenvalue weighted by Crippen LogP contribution is -2.49. The highest BCUT2D eigenvalue weighted by Gasteiger charge is 2.40. The summed E-state index contributed by atoms with van der Waals surface area (Å²) < 4.78 is 38.1. The molecule has 4 rings (SSSR count). The number of carbonyl (C=O) groups is 4. The van der Waals surface area contributed by atoms with Crippen molar-refractivity contribution in [2.45, 2.75) is 104 Å². The number of esters is 3. The zero-order chi connectivity index (χ0) is 42.5. The third-order valence-corrected chi connectivity index (χ3v) is 8.89. The number of ether oxygens (including phenoxy) is 5. The van der Waals surface area contributed by atoms with Crippen molar-refractivity contribution < 1.29 is 56.8 Å². The molecule has 2 N–H and O–H groups in total. The molecule has 1 aromatic carbocycles. The SMILES string of the molecule is C#CC(COC(=O)CC(C)(C)c1c(C)cc(C)cc1OC(C)=O)(OC)[C@@H](O)Cn1cnc2c(NC(=O)OC(C)(C)CC(=O)OCc3oc(=O)oc3C)nc(Cl)nc21. The number of halogens is 1. The minimum atomic E-state index is -1.83. The van der Waals surface area contributed by atoms with Crippen molar-refractivity contribution in [1.82, 2.24) is 19.5 Å². The van der Waals surface area contributed by atoms with Crippen molar-refractivity contribution in [3.8, 4) is 18.1 Å². The average Bonchev–Trinajstić information content (AvgIpc) is 3.63. The van der Waals surface area contributed by atoms with Crippen LogP contribution in [0.4, 0.5) is 10.6 Å². The number of aliphatic hydroxyl groups excluding tert-OH is 1. The Labute approximate surface area is 332 Å². The van der Waals surface area contributed by atoms with Crippen molar-refractivity contribution >= 4 is 52.6 Å². The van der Waals surface area contributed by atoms with E-state index in [-0.39, 0.29) is 59.8 Å². The summed E-state index contributed by atoms with van der Waals surface area (Å²) in [5.41, 5.74) is -1.58. The van der Waals surface area contributed by atoms with Crippen LogP contribution in [0.3, 0.4) is 0 Å². The number of aromatic nitrogens is 4. The molecule has 306 valence electrons. The van der Waals surface area contributed by atoms with E-state index in [9.17, 15) is 29.1 Å². The molecule has 18 nitrogen and oxygen atoms in total. The second-order valence-electron chi connectivity index (χ2n) is 14.5. The van der Waals surface area contributed by atoms with Gasteiger partial charge in [-0.3, -0.25) is 19.7 Å². The Morgan fingerprint density at radius 2 is 1.74 bits per heavy atom. The van der Waals surface area contributed by atoms with Crippen LogP contribution in [0.5, 0.6) is 5.75 Å². The third-order valence-electron chi connectivity index (χ3n) is 8.72. The third kappa shape index (κ3) is 11.0. The summed E-state index contributed by atoms with van der Waals surface area (Å²) in [5.74, 6) is -0.0710. The van der Waals surface area contributed by atoms with Crippen LogP contribution in [0, 0.1) is 33.1 Å². The Morgan fingerprint density at radius 1 is 1.05 bits per heavy atom. The molecule has 0 aliphatic heterocycles. The number of terminal acetylenes is 1. The molecule has 0 saturated heterocycles. The maximum absolute atomic E-state index is 13.3. The maximum Gasteiger partial charge on any atom is 0.519 e. The van der Waals surface area contributed by atoms with Crippen LogP contribution in [-0.2, 0) is 51.9 Å². The molecule has 0 aliphatic carbocycles. The normalized spacial score (nSPS) is 13.3. The monoisotopic (exact) mass is 813 g/mol. The van der Waals surface area contributed by atoms with Crippen LogP contribution in [-0.4, -0.2) is 79.6 Å². The molecule has 0 radical (unpaired) electrons. The number of fused-ring (bicyclic) bond motifs is 1. The number of anilines is 1. The smallest absolute Gasteiger partial charge is 0.461 e. The van der Waals surface area contributed by atoms with Crippen LogP contribution in [0.25, 0.3) is 11.2 Å². The number of aliphatic hydroxyl groups is 1. The molecule has 1 amide bonds. The van der Waals surface area contributed by atoms with Gasteiger partial charge < -0.3 is 42.2 Å². The predicted octanol–water partition coefficient (Wildman–Crippen LogP) is 4.63. The van der Waals surface area contributed by atoms with Gasteiger partial charge in [-0.1, -0.05) is 25.8 Å². The number of carbonyl (C=O) groups excluding carboxylic acids is 4. The summed E-state index contributed by atoms with van der Waals surface area (Å²) in [5, 5.41) is 13.5. The Morgan fingerprint density at radius 3 is 2.35 bits per heavy atom. The van der Waals surface area contributed by atoms with Crippen molar-refractivity contribution in [2.75, 3.05) is 19.0 Å². The molecular weight excluding hydrogens is 770 g/mol. The van der Waals surface area contributed by atoms with Gasteiger partial charge in [-0.15, -0.1) is 6.42 Å². The van der Waals surface area contributed by atoms with Gasteiger partial charge in [0, 0.05) is 25.0 Å². The quantitative estimate of drug-likeness (QED) is 0.0516. The Balaban J connectivity index is 1.43. The number of benzene rings is 1. The second-order valence-corrected chi connectivity index (χ2v) is 14.8. The Kier molecular flexibility index (Phi) is 13.6. The van der Waals surface area contributed by atoms with Gasteiger partial charge in [-0.05, 0) is 63.4 Å². The topological polar surface area (TPSA) is 234 Å². The van der Waals surface area contributed by atoms with Crippen LogP contribution in [0.15, 0.2) is 32.1 Å². The lowest BCUT2D eigenvalue weighted by atomic mass is 9.78. The van der Waals surface area contributed by atoms with E-state index in [0.717, 1.165) is 11.1 Å². The van der Waals surface area contributed by atoms with Crippen LogP contribution >= 0.6 is 11.6 Å². The fourth-order valence-electron chi connectivity index (χ4n) is 6.14. The Bertz CT molecular complexity index is 2270. The van der Waals surface area contributed by atoms with E-state index in [1.807, 2.05) is 33.8 Å². The summed E-state index contributed by atoms with van der Waals surface area (Å²) in [6, 6.07) is 3.64. The summed E-state index contributed by atoms with van der Waals surface area (Å²) in [4.78, 5) is 74.2. The molecule has 0 spiro atoms. The first-order chi connectivity index (χ1) is 26.6. The first-order valence-electron chi connectivity index (χ1n) is 17.4. The van der Waals surface area contributed by atoms with Crippen LogP contribution < -0.4 is 15.9 Å². The molecule has 1 unspecified atom stereocenters.